The molecule has 0 spiro atoms. The van der Waals surface area contributed by atoms with Gasteiger partial charge in [-0.1, -0.05) is 19.1 Å². The van der Waals surface area contributed by atoms with Crippen molar-refractivity contribution in [2.75, 3.05) is 13.2 Å². The van der Waals surface area contributed by atoms with Crippen molar-refractivity contribution in [2.45, 2.75) is 32.8 Å². The van der Waals surface area contributed by atoms with Gasteiger partial charge in [0.1, 0.15) is 5.75 Å². The third kappa shape index (κ3) is 4.37. The number of carbonyl (C=O) groups excluding carboxylic acids is 1. The number of carbonyl (C=O) groups is 1. The monoisotopic (exact) mass is 251 g/mol. The molecule has 4 nitrogen and oxygen atoms in total. The van der Waals surface area contributed by atoms with E-state index in [9.17, 15) is 9.90 Å². The molecule has 1 aromatic carbocycles. The first-order chi connectivity index (χ1) is 8.69. The lowest BCUT2D eigenvalue weighted by atomic mass is 10.1. The highest BCUT2D eigenvalue weighted by molar-refractivity contribution is 5.96. The van der Waals surface area contributed by atoms with Crippen LogP contribution in [-0.2, 0) is 0 Å². The number of hydrogen-bond donors (Lipinski definition) is 2. The average Bonchev–Trinajstić information content (AvgIpc) is 2.39. The van der Waals surface area contributed by atoms with E-state index >= 15 is 0 Å². The summed E-state index contributed by atoms with van der Waals surface area (Å²) in [4.78, 5) is 11.9. The van der Waals surface area contributed by atoms with Gasteiger partial charge < -0.3 is 15.2 Å². The molecule has 1 rings (SSSR count). The summed E-state index contributed by atoms with van der Waals surface area (Å²) < 4.78 is 5.40. The number of aliphatic hydroxyl groups is 1. The number of amides is 1. The highest BCUT2D eigenvalue weighted by Gasteiger charge is 2.11. The average molecular weight is 251 g/mol. The van der Waals surface area contributed by atoms with Crippen LogP contribution in [0.1, 0.15) is 37.0 Å². The van der Waals surface area contributed by atoms with E-state index < -0.39 is 0 Å². The Balaban J connectivity index is 2.55. The Kier molecular flexibility index (Phi) is 6.22. The maximum Gasteiger partial charge on any atom is 0.255 e. The molecule has 1 unspecified atom stereocenters. The van der Waals surface area contributed by atoms with Crippen molar-refractivity contribution < 1.29 is 14.6 Å². The van der Waals surface area contributed by atoms with E-state index in [1.807, 2.05) is 19.9 Å². The largest absolute Gasteiger partial charge is 0.493 e. The van der Waals surface area contributed by atoms with E-state index in [0.717, 1.165) is 0 Å². The molecule has 0 aliphatic rings. The fraction of sp³-hybridized carbons (Fsp3) is 0.500. The lowest BCUT2D eigenvalue weighted by molar-refractivity contribution is 0.0938. The molecule has 1 amide bonds. The first-order valence-corrected chi connectivity index (χ1v) is 6.37. The van der Waals surface area contributed by atoms with E-state index in [1.165, 1.54) is 0 Å². The van der Waals surface area contributed by atoms with E-state index in [1.54, 1.807) is 18.2 Å². The molecule has 100 valence electrons. The van der Waals surface area contributed by atoms with E-state index in [-0.39, 0.29) is 12.0 Å². The van der Waals surface area contributed by atoms with Gasteiger partial charge in [-0.3, -0.25) is 4.79 Å². The molecular weight excluding hydrogens is 230 g/mol. The van der Waals surface area contributed by atoms with Crippen LogP contribution in [0.5, 0.6) is 5.75 Å². The quantitative estimate of drug-likeness (QED) is 0.779. The molecule has 0 bridgehead atoms. The third-order valence-corrected chi connectivity index (χ3v) is 2.67. The van der Waals surface area contributed by atoms with Crippen molar-refractivity contribution >= 4 is 5.91 Å². The normalized spacial score (nSPS) is 11.9. The smallest absolute Gasteiger partial charge is 0.255 e. The van der Waals surface area contributed by atoms with Crippen LogP contribution < -0.4 is 10.1 Å². The second-order valence-electron chi connectivity index (χ2n) is 4.04. The van der Waals surface area contributed by atoms with Crippen molar-refractivity contribution in [3.05, 3.63) is 29.8 Å². The number of benzene rings is 1. The predicted octanol–water partition coefficient (Wildman–Crippen LogP) is 1.98. The molecule has 0 saturated heterocycles. The highest BCUT2D eigenvalue weighted by atomic mass is 16.5. The summed E-state index contributed by atoms with van der Waals surface area (Å²) in [6, 6.07) is 7.15. The predicted molar refractivity (Wildman–Crippen MR) is 70.9 cm³/mol. The van der Waals surface area contributed by atoms with Crippen LogP contribution >= 0.6 is 0 Å². The minimum Gasteiger partial charge on any atom is -0.493 e. The zero-order valence-electron chi connectivity index (χ0n) is 11.0. The fourth-order valence-electron chi connectivity index (χ4n) is 1.59. The van der Waals surface area contributed by atoms with Gasteiger partial charge in [0, 0.05) is 6.54 Å². The summed E-state index contributed by atoms with van der Waals surface area (Å²) in [5.74, 6) is 0.427. The second kappa shape index (κ2) is 7.71. The second-order valence-corrected chi connectivity index (χ2v) is 4.04. The molecule has 0 saturated carbocycles. The topological polar surface area (TPSA) is 58.6 Å². The lowest BCUT2D eigenvalue weighted by Crippen LogP contribution is -2.27. The summed E-state index contributed by atoms with van der Waals surface area (Å²) in [5.41, 5.74) is 0.533. The lowest BCUT2D eigenvalue weighted by Gasteiger charge is -2.11. The molecule has 0 radical (unpaired) electrons. The molecule has 0 aliphatic heterocycles. The molecule has 0 fully saturated rings. The van der Waals surface area contributed by atoms with Crippen LogP contribution in [0, 0.1) is 0 Å². The summed E-state index contributed by atoms with van der Waals surface area (Å²) in [5, 5.41) is 12.2. The Morgan fingerprint density at radius 3 is 2.78 bits per heavy atom. The first-order valence-electron chi connectivity index (χ1n) is 6.37. The SMILES string of the molecule is CCOc1ccccc1C(=O)NCCC(O)CC. The molecule has 1 aromatic rings. The zero-order valence-corrected chi connectivity index (χ0v) is 11.0. The van der Waals surface area contributed by atoms with Crippen LogP contribution in [0.3, 0.4) is 0 Å². The Bertz CT molecular complexity index is 379. The van der Waals surface area contributed by atoms with Gasteiger partial charge in [0.25, 0.3) is 5.91 Å². The molecule has 0 aliphatic carbocycles. The molecule has 18 heavy (non-hydrogen) atoms. The van der Waals surface area contributed by atoms with Gasteiger partial charge in [-0.2, -0.15) is 0 Å². The van der Waals surface area contributed by atoms with E-state index in [2.05, 4.69) is 5.32 Å². The summed E-state index contributed by atoms with van der Waals surface area (Å²) in [7, 11) is 0. The number of aliphatic hydroxyl groups excluding tert-OH is 1. The third-order valence-electron chi connectivity index (χ3n) is 2.67. The molecule has 4 heteroatoms. The Hall–Kier alpha value is -1.55. The van der Waals surface area contributed by atoms with Crippen LogP contribution in [-0.4, -0.2) is 30.3 Å². The Morgan fingerprint density at radius 2 is 2.11 bits per heavy atom. The van der Waals surface area contributed by atoms with E-state index in [0.29, 0.717) is 37.3 Å². The van der Waals surface area contributed by atoms with Gasteiger partial charge >= 0.3 is 0 Å². The van der Waals surface area contributed by atoms with Crippen molar-refractivity contribution in [1.29, 1.82) is 0 Å². The van der Waals surface area contributed by atoms with E-state index in [4.69, 9.17) is 4.74 Å². The Morgan fingerprint density at radius 1 is 1.39 bits per heavy atom. The first kappa shape index (κ1) is 14.5. The van der Waals surface area contributed by atoms with Crippen LogP contribution in [0.4, 0.5) is 0 Å². The zero-order chi connectivity index (χ0) is 13.4. The van der Waals surface area contributed by atoms with Crippen molar-refractivity contribution in [2.24, 2.45) is 0 Å². The molecule has 0 aromatic heterocycles. The molecule has 2 N–H and O–H groups in total. The number of ether oxygens (including phenoxy) is 1. The van der Waals surface area contributed by atoms with Gasteiger partial charge in [-0.15, -0.1) is 0 Å². The van der Waals surface area contributed by atoms with Crippen molar-refractivity contribution in [3.8, 4) is 5.75 Å². The van der Waals surface area contributed by atoms with Gasteiger partial charge in [0.05, 0.1) is 18.3 Å². The molecule has 1 atom stereocenters. The molecule has 0 heterocycles. The Labute approximate surface area is 108 Å². The number of rotatable bonds is 7. The van der Waals surface area contributed by atoms with Crippen LogP contribution in [0.25, 0.3) is 0 Å². The van der Waals surface area contributed by atoms with Gasteiger partial charge in [0.15, 0.2) is 0 Å². The van der Waals surface area contributed by atoms with Crippen LogP contribution in [0.2, 0.25) is 0 Å². The number of hydrogen-bond acceptors (Lipinski definition) is 3. The van der Waals surface area contributed by atoms with Crippen LogP contribution in [0.15, 0.2) is 24.3 Å². The number of para-hydroxylation sites is 1. The minimum atomic E-state index is -0.354. The standard InChI is InChI=1S/C14H21NO3/c1-3-11(16)9-10-15-14(17)12-7-5-6-8-13(12)18-4-2/h5-8,11,16H,3-4,9-10H2,1-2H3,(H,15,17). The van der Waals surface area contributed by atoms with Crippen molar-refractivity contribution in [3.63, 3.8) is 0 Å². The minimum absolute atomic E-state index is 0.164. The maximum atomic E-state index is 11.9. The van der Waals surface area contributed by atoms with Gasteiger partial charge in [0.2, 0.25) is 0 Å². The summed E-state index contributed by atoms with van der Waals surface area (Å²) in [6.07, 6.45) is 0.914. The fourth-order valence-corrected chi connectivity index (χ4v) is 1.59. The summed E-state index contributed by atoms with van der Waals surface area (Å²) in [6.45, 7) is 4.79. The highest BCUT2D eigenvalue weighted by Crippen LogP contribution is 2.17. The maximum absolute atomic E-state index is 11.9. The summed E-state index contributed by atoms with van der Waals surface area (Å²) >= 11 is 0. The molecular formula is C14H21NO3. The van der Waals surface area contributed by atoms with Gasteiger partial charge in [-0.05, 0) is 31.9 Å². The van der Waals surface area contributed by atoms with Crippen molar-refractivity contribution in [1.82, 2.24) is 5.32 Å². The number of nitrogens with one attached hydrogen (secondary N) is 1. The van der Waals surface area contributed by atoms with Gasteiger partial charge in [-0.25, -0.2) is 0 Å².